The van der Waals surface area contributed by atoms with Crippen LogP contribution in [-0.2, 0) is 64.3 Å². The van der Waals surface area contributed by atoms with Gasteiger partial charge in [0.1, 0.15) is 25.6 Å². The maximum Gasteiger partial charge on any atom is 0.251 e. The van der Waals surface area contributed by atoms with Crippen LogP contribution in [0.5, 0.6) is 17.2 Å². The van der Waals surface area contributed by atoms with E-state index in [1.54, 1.807) is 0 Å². The zero-order valence-corrected chi connectivity index (χ0v) is 54.3. The normalized spacial score (nSPS) is 16.4. The van der Waals surface area contributed by atoms with E-state index in [9.17, 15) is 14.4 Å². The first-order valence-electron chi connectivity index (χ1n) is 30.7. The Bertz CT molecular complexity index is 3140. The summed E-state index contributed by atoms with van der Waals surface area (Å²) in [7, 11) is 0. The lowest BCUT2D eigenvalue weighted by atomic mass is 9.84. The van der Waals surface area contributed by atoms with Crippen LogP contribution in [0.15, 0.2) is 115 Å². The molecule has 6 aliphatic rings. The Morgan fingerprint density at radius 3 is 1.38 bits per heavy atom. The summed E-state index contributed by atoms with van der Waals surface area (Å²) in [5, 5.41) is 12.1. The number of hydrogen-bond acceptors (Lipinski definition) is 8. The Balaban J connectivity index is 0.000000146. The van der Waals surface area contributed by atoms with E-state index in [2.05, 4.69) is 212 Å². The lowest BCUT2D eigenvalue weighted by molar-refractivity contribution is 0.0909. The van der Waals surface area contributed by atoms with Crippen LogP contribution in [-0.4, -0.2) is 63.2 Å². The molecule has 1 unspecified atom stereocenters. The standard InChI is InChI=1S/2C13H17NO.C12H17NO.C12H15NO.C12H16O2.C12H16O/c2*1-13(2,3)10-4-5-11-9(8-10)6-7-14-12(11)15;1-12(2,3)9-4-5-11-10(8-9)13-6-7-14-11;1-8(2)11-7-9-5-3-4-6-10(9)12(14)13-11;1-12(2,3)9-4-5-10-11(8-9)14-7-6-13-10;1-12(2,3)11-5-4-9-7-13-8-10(9)6-11/h2*4-5,8H,6-7H2,1-3H3,(H,14,15);4-5,8,13H,6-7H2,1-3H3;3-6,8,11H,7H2,1-2H3,(H,13,14);4-5,8H,6-7H2,1-3H3;4-6H,7-8H2,1-3H3. The first kappa shape index (κ1) is 65.4. The van der Waals surface area contributed by atoms with Crippen molar-refractivity contribution >= 4 is 23.4 Å². The van der Waals surface area contributed by atoms with Crippen molar-refractivity contribution in [3.63, 3.8) is 0 Å². The molecule has 0 saturated carbocycles. The third-order valence-electron chi connectivity index (χ3n) is 16.1. The fourth-order valence-electron chi connectivity index (χ4n) is 10.4. The van der Waals surface area contributed by atoms with E-state index in [4.69, 9.17) is 18.9 Å². The number of fused-ring (bicyclic) bond motifs is 6. The van der Waals surface area contributed by atoms with E-state index in [1.165, 1.54) is 55.6 Å². The van der Waals surface area contributed by atoms with Gasteiger partial charge in [-0.15, -0.1) is 0 Å². The molecule has 4 N–H and O–H groups in total. The molecule has 0 aromatic heterocycles. The molecule has 0 bridgehead atoms. The van der Waals surface area contributed by atoms with Gasteiger partial charge in [0, 0.05) is 42.4 Å². The smallest absolute Gasteiger partial charge is 0.251 e. The van der Waals surface area contributed by atoms with Crippen molar-refractivity contribution in [3.05, 3.63) is 188 Å². The van der Waals surface area contributed by atoms with Crippen molar-refractivity contribution in [1.29, 1.82) is 0 Å². The van der Waals surface area contributed by atoms with E-state index < -0.39 is 0 Å². The maximum absolute atomic E-state index is 11.7. The quantitative estimate of drug-likeness (QED) is 0.128. The summed E-state index contributed by atoms with van der Waals surface area (Å²) in [4.78, 5) is 34.8. The lowest BCUT2D eigenvalue weighted by Gasteiger charge is -2.28. The van der Waals surface area contributed by atoms with Crippen LogP contribution in [0.2, 0.25) is 0 Å². The lowest BCUT2D eigenvalue weighted by Crippen LogP contribution is -2.44. The molecular weight excluding hydrogens is 1060 g/mol. The van der Waals surface area contributed by atoms with Gasteiger partial charge < -0.3 is 40.2 Å². The van der Waals surface area contributed by atoms with Crippen LogP contribution in [0.4, 0.5) is 5.69 Å². The topological polar surface area (TPSA) is 136 Å². The number of carbonyl (C=O) groups is 3. The number of hydrogen-bond donors (Lipinski definition) is 4. The molecule has 1 atom stereocenters. The first-order valence-corrected chi connectivity index (χ1v) is 30.7. The third kappa shape index (κ3) is 18.0. The van der Waals surface area contributed by atoms with Crippen molar-refractivity contribution < 1.29 is 33.3 Å². The number of anilines is 1. The van der Waals surface area contributed by atoms with Crippen molar-refractivity contribution in [2.24, 2.45) is 5.92 Å². The first-order chi connectivity index (χ1) is 39.9. The molecule has 0 fully saturated rings. The monoisotopic (exact) mass is 1150 g/mol. The van der Waals surface area contributed by atoms with E-state index in [1.807, 2.05) is 42.5 Å². The Labute approximate surface area is 509 Å². The molecule has 0 spiro atoms. The van der Waals surface area contributed by atoms with Crippen LogP contribution in [0.25, 0.3) is 0 Å². The molecule has 0 aliphatic carbocycles. The Hall–Kier alpha value is -7.11. The molecule has 12 rings (SSSR count). The number of carbonyl (C=O) groups excluding carboxylic acids is 3. The summed E-state index contributed by atoms with van der Waals surface area (Å²) in [6, 6.07) is 39.8. The Morgan fingerprint density at radius 1 is 0.400 bits per heavy atom. The molecule has 6 aromatic carbocycles. The summed E-state index contributed by atoms with van der Waals surface area (Å²) in [6.45, 7) is 43.5. The van der Waals surface area contributed by atoms with E-state index >= 15 is 0 Å². The molecule has 6 aromatic rings. The molecule has 11 nitrogen and oxygen atoms in total. The highest BCUT2D eigenvalue weighted by Crippen LogP contribution is 2.36. The van der Waals surface area contributed by atoms with Gasteiger partial charge in [0.05, 0.1) is 18.9 Å². The van der Waals surface area contributed by atoms with Crippen molar-refractivity contribution in [3.8, 4) is 17.2 Å². The molecular formula is C74H98N4O7. The summed E-state index contributed by atoms with van der Waals surface area (Å²) < 4.78 is 21.9. The second-order valence-electron chi connectivity index (χ2n) is 28.5. The fourth-order valence-corrected chi connectivity index (χ4v) is 10.4. The van der Waals surface area contributed by atoms with E-state index in [0.717, 1.165) is 98.3 Å². The van der Waals surface area contributed by atoms with Gasteiger partial charge in [0.15, 0.2) is 11.5 Å². The summed E-state index contributed by atoms with van der Waals surface area (Å²) >= 11 is 0. The predicted octanol–water partition coefficient (Wildman–Crippen LogP) is 15.1. The van der Waals surface area contributed by atoms with Gasteiger partial charge in [-0.2, -0.15) is 0 Å². The number of rotatable bonds is 1. The zero-order chi connectivity index (χ0) is 62.1. The minimum Gasteiger partial charge on any atom is -0.490 e. The average Bonchev–Trinajstić information content (AvgIpc) is 4.05. The van der Waals surface area contributed by atoms with Gasteiger partial charge >= 0.3 is 0 Å². The van der Waals surface area contributed by atoms with Gasteiger partial charge in [0.2, 0.25) is 0 Å². The van der Waals surface area contributed by atoms with Gasteiger partial charge in [0.25, 0.3) is 17.7 Å². The average molecular weight is 1160 g/mol. The molecule has 0 saturated heterocycles. The van der Waals surface area contributed by atoms with E-state index in [0.29, 0.717) is 19.1 Å². The molecule has 11 heteroatoms. The predicted molar refractivity (Wildman–Crippen MR) is 347 cm³/mol. The number of nitrogens with one attached hydrogen (secondary N) is 4. The van der Waals surface area contributed by atoms with Crippen LogP contribution >= 0.6 is 0 Å². The van der Waals surface area contributed by atoms with Crippen LogP contribution in [0.3, 0.4) is 0 Å². The van der Waals surface area contributed by atoms with Crippen LogP contribution in [0.1, 0.15) is 204 Å². The highest BCUT2D eigenvalue weighted by molar-refractivity contribution is 5.98. The fraction of sp³-hybridized carbons (Fsp3) is 0.473. The van der Waals surface area contributed by atoms with Gasteiger partial charge in [-0.3, -0.25) is 14.4 Å². The molecule has 0 radical (unpaired) electrons. The summed E-state index contributed by atoms with van der Waals surface area (Å²) in [5.41, 5.74) is 17.5. The Kier molecular flexibility index (Phi) is 21.2. The van der Waals surface area contributed by atoms with Crippen molar-refractivity contribution in [2.75, 3.05) is 44.8 Å². The third-order valence-corrected chi connectivity index (χ3v) is 16.1. The second-order valence-corrected chi connectivity index (χ2v) is 28.5. The molecule has 3 amide bonds. The van der Waals surface area contributed by atoms with Gasteiger partial charge in [-0.05, 0) is 150 Å². The van der Waals surface area contributed by atoms with Gasteiger partial charge in [-0.1, -0.05) is 190 Å². The summed E-state index contributed by atoms with van der Waals surface area (Å²) in [5.74, 6) is 3.42. The zero-order valence-electron chi connectivity index (χ0n) is 54.3. The highest BCUT2D eigenvalue weighted by Gasteiger charge is 2.27. The number of benzene rings is 6. The SMILES string of the molecule is CC(C)(C)c1ccc2c(c1)CCNC2=O.CC(C)(C)c1ccc2c(c1)CCNC2=O.CC(C)(C)c1ccc2c(c1)COC2.CC(C)(C)c1ccc2c(c1)NCCO2.CC(C)(C)c1ccc2c(c1)OCCO2.CC(C)C1Cc2ccccc2C(=O)N1. The van der Waals surface area contributed by atoms with Crippen LogP contribution in [0, 0.1) is 5.92 Å². The molecule has 85 heavy (non-hydrogen) atoms. The molecule has 6 aliphatic heterocycles. The van der Waals surface area contributed by atoms with Crippen molar-refractivity contribution in [2.45, 2.75) is 183 Å². The number of amides is 3. The summed E-state index contributed by atoms with van der Waals surface area (Å²) in [6.07, 6.45) is 2.86. The van der Waals surface area contributed by atoms with E-state index in [-0.39, 0.29) is 50.8 Å². The van der Waals surface area contributed by atoms with Gasteiger partial charge in [-0.25, -0.2) is 0 Å². The molecule has 6 heterocycles. The largest absolute Gasteiger partial charge is 0.490 e. The highest BCUT2D eigenvalue weighted by atomic mass is 16.6. The maximum atomic E-state index is 11.7. The molecule has 456 valence electrons. The number of ether oxygens (including phenoxy) is 4. The minimum atomic E-state index is 0.0664. The van der Waals surface area contributed by atoms with Crippen LogP contribution < -0.4 is 35.5 Å². The van der Waals surface area contributed by atoms with Crippen molar-refractivity contribution in [1.82, 2.24) is 16.0 Å². The second kappa shape index (κ2) is 27.5. The Morgan fingerprint density at radius 2 is 0.835 bits per heavy atom. The minimum absolute atomic E-state index is 0.0664.